The third-order valence-electron chi connectivity index (χ3n) is 4.80. The van der Waals surface area contributed by atoms with Crippen molar-refractivity contribution >= 4 is 0 Å². The Morgan fingerprint density at radius 1 is 1.28 bits per heavy atom. The quantitative estimate of drug-likeness (QED) is 0.833. The molecule has 2 heterocycles. The maximum atomic E-state index is 5.62. The molecular weight excluding hydrogens is 224 g/mol. The van der Waals surface area contributed by atoms with Gasteiger partial charge in [-0.25, -0.2) is 0 Å². The highest BCUT2D eigenvalue weighted by molar-refractivity contribution is 4.91. The van der Waals surface area contributed by atoms with Crippen LogP contribution in [0.4, 0.5) is 0 Å². The second-order valence-electron chi connectivity index (χ2n) is 6.09. The number of hydrogen-bond donors (Lipinski definition) is 1. The summed E-state index contributed by atoms with van der Waals surface area (Å²) in [6.45, 7) is 11.5. The predicted octanol–water partition coefficient (Wildman–Crippen LogP) is 2.27. The maximum absolute atomic E-state index is 5.62. The molecule has 0 spiro atoms. The Morgan fingerprint density at radius 3 is 2.78 bits per heavy atom. The van der Waals surface area contributed by atoms with Crippen molar-refractivity contribution in [3.8, 4) is 0 Å². The molecular formula is C15H30N2O. The monoisotopic (exact) mass is 254 g/mol. The van der Waals surface area contributed by atoms with E-state index >= 15 is 0 Å². The highest BCUT2D eigenvalue weighted by Crippen LogP contribution is 2.22. The summed E-state index contributed by atoms with van der Waals surface area (Å²) in [5, 5.41) is 3.79. The lowest BCUT2D eigenvalue weighted by Crippen LogP contribution is -2.51. The van der Waals surface area contributed by atoms with Gasteiger partial charge >= 0.3 is 0 Å². The number of nitrogens with one attached hydrogen (secondary N) is 1. The van der Waals surface area contributed by atoms with Crippen LogP contribution in [0.3, 0.4) is 0 Å². The zero-order valence-corrected chi connectivity index (χ0v) is 12.2. The van der Waals surface area contributed by atoms with Gasteiger partial charge in [-0.1, -0.05) is 13.8 Å². The third kappa shape index (κ3) is 3.69. The smallest absolute Gasteiger partial charge is 0.0506 e. The SMILES string of the molecule is CCC1(CC)CN(CC2CCCOC2)CCCN1. The van der Waals surface area contributed by atoms with Gasteiger partial charge in [0.25, 0.3) is 0 Å². The molecule has 3 nitrogen and oxygen atoms in total. The summed E-state index contributed by atoms with van der Waals surface area (Å²) in [5.74, 6) is 0.767. The van der Waals surface area contributed by atoms with E-state index in [0.717, 1.165) is 19.1 Å². The van der Waals surface area contributed by atoms with Crippen molar-refractivity contribution in [2.75, 3.05) is 39.4 Å². The number of hydrogen-bond acceptors (Lipinski definition) is 3. The first-order valence-electron chi connectivity index (χ1n) is 7.83. The Bertz CT molecular complexity index is 235. The van der Waals surface area contributed by atoms with Gasteiger partial charge in [0.2, 0.25) is 0 Å². The summed E-state index contributed by atoms with van der Waals surface area (Å²) in [7, 11) is 0. The number of rotatable bonds is 4. The van der Waals surface area contributed by atoms with Gasteiger partial charge in [0, 0.05) is 25.2 Å². The van der Waals surface area contributed by atoms with Gasteiger partial charge in [0.1, 0.15) is 0 Å². The van der Waals surface area contributed by atoms with Crippen molar-refractivity contribution in [3.05, 3.63) is 0 Å². The lowest BCUT2D eigenvalue weighted by Gasteiger charge is -2.37. The molecule has 3 heteroatoms. The molecule has 2 saturated heterocycles. The van der Waals surface area contributed by atoms with E-state index in [1.54, 1.807) is 0 Å². The number of ether oxygens (including phenoxy) is 1. The van der Waals surface area contributed by atoms with Crippen molar-refractivity contribution in [2.24, 2.45) is 5.92 Å². The standard InChI is InChI=1S/C15H30N2O/c1-3-15(4-2)13-17(9-6-8-16-15)11-14-7-5-10-18-12-14/h14,16H,3-13H2,1-2H3. The number of nitrogens with zero attached hydrogens (tertiary/aromatic N) is 1. The average Bonchev–Trinajstić information content (AvgIpc) is 2.63. The third-order valence-corrected chi connectivity index (χ3v) is 4.80. The van der Waals surface area contributed by atoms with E-state index in [0.29, 0.717) is 5.54 Å². The average molecular weight is 254 g/mol. The molecule has 2 rings (SSSR count). The van der Waals surface area contributed by atoms with E-state index in [1.165, 1.54) is 58.3 Å². The van der Waals surface area contributed by atoms with E-state index in [1.807, 2.05) is 0 Å². The Kier molecular flexibility index (Phi) is 5.46. The molecule has 2 aliphatic rings. The Labute approximate surface area is 112 Å². The minimum absolute atomic E-state index is 0.353. The minimum atomic E-state index is 0.353. The van der Waals surface area contributed by atoms with Crippen molar-refractivity contribution in [2.45, 2.75) is 51.5 Å². The van der Waals surface area contributed by atoms with E-state index in [-0.39, 0.29) is 0 Å². The van der Waals surface area contributed by atoms with Crippen LogP contribution >= 0.6 is 0 Å². The fourth-order valence-electron chi connectivity index (χ4n) is 3.42. The Balaban J connectivity index is 1.89. The molecule has 0 saturated carbocycles. The van der Waals surface area contributed by atoms with Crippen LogP contribution in [0.25, 0.3) is 0 Å². The fraction of sp³-hybridized carbons (Fsp3) is 1.00. The lowest BCUT2D eigenvalue weighted by molar-refractivity contribution is 0.0352. The molecule has 0 amide bonds. The van der Waals surface area contributed by atoms with Gasteiger partial charge in [0.05, 0.1) is 6.61 Å². The van der Waals surface area contributed by atoms with Crippen LogP contribution in [0.2, 0.25) is 0 Å². The molecule has 0 aromatic carbocycles. The first-order valence-corrected chi connectivity index (χ1v) is 7.83. The summed E-state index contributed by atoms with van der Waals surface area (Å²) < 4.78 is 5.62. The zero-order valence-electron chi connectivity index (χ0n) is 12.2. The second-order valence-corrected chi connectivity index (χ2v) is 6.09. The first-order chi connectivity index (χ1) is 8.78. The molecule has 0 aromatic heterocycles. The lowest BCUT2D eigenvalue weighted by atomic mass is 9.91. The van der Waals surface area contributed by atoms with E-state index in [4.69, 9.17) is 4.74 Å². The molecule has 2 aliphatic heterocycles. The Hall–Kier alpha value is -0.120. The van der Waals surface area contributed by atoms with Crippen molar-refractivity contribution in [1.29, 1.82) is 0 Å². The summed E-state index contributed by atoms with van der Waals surface area (Å²) >= 11 is 0. The molecule has 0 bridgehead atoms. The molecule has 2 fully saturated rings. The predicted molar refractivity (Wildman–Crippen MR) is 75.9 cm³/mol. The molecule has 1 atom stereocenters. The zero-order chi connectivity index (χ0) is 12.8. The van der Waals surface area contributed by atoms with Crippen LogP contribution in [0.1, 0.15) is 46.0 Å². The van der Waals surface area contributed by atoms with Gasteiger partial charge in [0.15, 0.2) is 0 Å². The fourth-order valence-corrected chi connectivity index (χ4v) is 3.42. The van der Waals surface area contributed by atoms with Gasteiger partial charge in [-0.05, 0) is 51.1 Å². The van der Waals surface area contributed by atoms with Gasteiger partial charge < -0.3 is 15.0 Å². The summed E-state index contributed by atoms with van der Waals surface area (Å²) in [6, 6.07) is 0. The topological polar surface area (TPSA) is 24.5 Å². The normalized spacial score (nSPS) is 30.0. The van der Waals surface area contributed by atoms with Crippen molar-refractivity contribution in [1.82, 2.24) is 10.2 Å². The molecule has 0 aliphatic carbocycles. The maximum Gasteiger partial charge on any atom is 0.0506 e. The van der Waals surface area contributed by atoms with E-state index in [2.05, 4.69) is 24.1 Å². The van der Waals surface area contributed by atoms with Gasteiger partial charge in [-0.15, -0.1) is 0 Å². The largest absolute Gasteiger partial charge is 0.381 e. The molecule has 18 heavy (non-hydrogen) atoms. The summed E-state index contributed by atoms with van der Waals surface area (Å²) in [5.41, 5.74) is 0.353. The molecule has 106 valence electrons. The molecule has 0 radical (unpaired) electrons. The van der Waals surface area contributed by atoms with E-state index in [9.17, 15) is 0 Å². The van der Waals surface area contributed by atoms with Crippen LogP contribution in [-0.2, 0) is 4.74 Å². The molecule has 1 N–H and O–H groups in total. The van der Waals surface area contributed by atoms with Gasteiger partial charge in [-0.2, -0.15) is 0 Å². The molecule has 0 aromatic rings. The van der Waals surface area contributed by atoms with Crippen LogP contribution in [0.15, 0.2) is 0 Å². The van der Waals surface area contributed by atoms with E-state index < -0.39 is 0 Å². The van der Waals surface area contributed by atoms with Crippen LogP contribution in [0, 0.1) is 5.92 Å². The highest BCUT2D eigenvalue weighted by atomic mass is 16.5. The second kappa shape index (κ2) is 6.88. The molecule has 1 unspecified atom stereocenters. The van der Waals surface area contributed by atoms with Crippen LogP contribution in [0.5, 0.6) is 0 Å². The van der Waals surface area contributed by atoms with Crippen LogP contribution < -0.4 is 5.32 Å². The van der Waals surface area contributed by atoms with Crippen molar-refractivity contribution < 1.29 is 4.74 Å². The Morgan fingerprint density at radius 2 is 2.11 bits per heavy atom. The van der Waals surface area contributed by atoms with Crippen molar-refractivity contribution in [3.63, 3.8) is 0 Å². The first kappa shape index (κ1) is 14.3. The highest BCUT2D eigenvalue weighted by Gasteiger charge is 2.31. The summed E-state index contributed by atoms with van der Waals surface area (Å²) in [4.78, 5) is 2.69. The van der Waals surface area contributed by atoms with Gasteiger partial charge in [-0.3, -0.25) is 0 Å². The minimum Gasteiger partial charge on any atom is -0.381 e. The van der Waals surface area contributed by atoms with Crippen LogP contribution in [-0.4, -0.2) is 49.8 Å². The summed E-state index contributed by atoms with van der Waals surface area (Å²) in [6.07, 6.45) is 6.37.